The van der Waals surface area contributed by atoms with Crippen LogP contribution in [0.2, 0.25) is 5.02 Å². The van der Waals surface area contributed by atoms with E-state index in [0.29, 0.717) is 53.9 Å². The molecule has 26 heavy (non-hydrogen) atoms. The summed E-state index contributed by atoms with van der Waals surface area (Å²) in [6.45, 7) is 3.20. The number of nitrogens with zero attached hydrogens (tertiary/aromatic N) is 2. The Labute approximate surface area is 160 Å². The van der Waals surface area contributed by atoms with Crippen LogP contribution in [-0.4, -0.2) is 34.8 Å². The van der Waals surface area contributed by atoms with Crippen LogP contribution in [0.1, 0.15) is 33.2 Å². The molecule has 2 amide bonds. The Morgan fingerprint density at radius 1 is 1.31 bits per heavy atom. The quantitative estimate of drug-likeness (QED) is 0.845. The topological polar surface area (TPSA) is 85.5 Å². The Balaban J connectivity index is 1.61. The molecule has 1 aliphatic rings. The number of piperidine rings is 1. The Hall–Kier alpha value is -2.12. The van der Waals surface area contributed by atoms with E-state index in [1.165, 1.54) is 11.3 Å². The zero-order valence-corrected chi connectivity index (χ0v) is 16.0. The molecule has 0 saturated carbocycles. The van der Waals surface area contributed by atoms with E-state index in [2.05, 4.69) is 4.98 Å². The van der Waals surface area contributed by atoms with E-state index in [4.69, 9.17) is 22.1 Å². The first kappa shape index (κ1) is 18.7. The first-order valence-corrected chi connectivity index (χ1v) is 9.56. The van der Waals surface area contributed by atoms with Crippen molar-refractivity contribution in [3.05, 3.63) is 44.9 Å². The van der Waals surface area contributed by atoms with E-state index in [-0.39, 0.29) is 17.7 Å². The minimum absolute atomic E-state index is 0.0411. The summed E-state index contributed by atoms with van der Waals surface area (Å²) in [5, 5.41) is 1.39. The van der Waals surface area contributed by atoms with Crippen LogP contribution in [0.25, 0.3) is 0 Å². The number of carbonyl (C=O) groups excluding carboxylic acids is 2. The minimum Gasteiger partial charge on any atom is -0.486 e. The molecule has 1 fully saturated rings. The highest BCUT2D eigenvalue weighted by molar-refractivity contribution is 7.13. The molecule has 1 aliphatic heterocycles. The van der Waals surface area contributed by atoms with Crippen molar-refractivity contribution >= 4 is 34.8 Å². The monoisotopic (exact) mass is 393 g/mol. The van der Waals surface area contributed by atoms with Crippen LogP contribution in [0.5, 0.6) is 5.75 Å². The van der Waals surface area contributed by atoms with Crippen molar-refractivity contribution in [2.45, 2.75) is 26.4 Å². The van der Waals surface area contributed by atoms with Gasteiger partial charge in [-0.05, 0) is 44.0 Å². The zero-order chi connectivity index (χ0) is 18.7. The van der Waals surface area contributed by atoms with Crippen LogP contribution in [0, 0.1) is 12.8 Å². The maximum atomic E-state index is 12.7. The van der Waals surface area contributed by atoms with E-state index in [1.54, 1.807) is 29.2 Å². The summed E-state index contributed by atoms with van der Waals surface area (Å²) in [6.07, 6.45) is 1.23. The molecule has 0 bridgehead atoms. The van der Waals surface area contributed by atoms with Gasteiger partial charge in [0.15, 0.2) is 0 Å². The van der Waals surface area contributed by atoms with Gasteiger partial charge in [0, 0.05) is 24.0 Å². The molecule has 0 radical (unpaired) electrons. The molecule has 3 rings (SSSR count). The maximum absolute atomic E-state index is 12.7. The third-order valence-electron chi connectivity index (χ3n) is 4.40. The number of aromatic nitrogens is 1. The number of halogens is 1. The van der Waals surface area contributed by atoms with Gasteiger partial charge in [-0.25, -0.2) is 4.98 Å². The smallest absolute Gasteiger partial charge is 0.265 e. The molecule has 2 N–H and O–H groups in total. The Morgan fingerprint density at radius 3 is 2.58 bits per heavy atom. The molecule has 138 valence electrons. The van der Waals surface area contributed by atoms with E-state index >= 15 is 0 Å². The second-order valence-corrected chi connectivity index (χ2v) is 7.75. The fourth-order valence-electron chi connectivity index (χ4n) is 2.90. The normalized spacial score (nSPS) is 15.1. The highest BCUT2D eigenvalue weighted by Gasteiger charge is 2.28. The van der Waals surface area contributed by atoms with Gasteiger partial charge in [-0.15, -0.1) is 11.3 Å². The number of aryl methyl sites for hydroxylation is 1. The summed E-state index contributed by atoms with van der Waals surface area (Å²) >= 11 is 7.20. The molecule has 2 aromatic rings. The predicted molar refractivity (Wildman–Crippen MR) is 100 cm³/mol. The number of benzene rings is 1. The lowest BCUT2D eigenvalue weighted by Gasteiger charge is -2.30. The number of rotatable bonds is 5. The Morgan fingerprint density at radius 2 is 1.96 bits per heavy atom. The van der Waals surface area contributed by atoms with Gasteiger partial charge in [-0.2, -0.15) is 0 Å². The first-order valence-electron chi connectivity index (χ1n) is 8.37. The first-order chi connectivity index (χ1) is 12.4. The molecule has 2 heterocycles. The maximum Gasteiger partial charge on any atom is 0.265 e. The number of thiazole rings is 1. The summed E-state index contributed by atoms with van der Waals surface area (Å²) < 4.78 is 5.69. The van der Waals surface area contributed by atoms with Crippen molar-refractivity contribution in [2.24, 2.45) is 11.7 Å². The van der Waals surface area contributed by atoms with E-state index in [1.807, 2.05) is 6.92 Å². The highest BCUT2D eigenvalue weighted by Crippen LogP contribution is 2.25. The molecule has 6 nitrogen and oxygen atoms in total. The van der Waals surface area contributed by atoms with Gasteiger partial charge in [0.2, 0.25) is 5.91 Å². The van der Waals surface area contributed by atoms with Crippen molar-refractivity contribution in [2.75, 3.05) is 13.1 Å². The molecule has 1 aromatic heterocycles. The number of carbonyl (C=O) groups is 2. The van der Waals surface area contributed by atoms with Gasteiger partial charge < -0.3 is 15.4 Å². The van der Waals surface area contributed by atoms with Gasteiger partial charge in [-0.1, -0.05) is 11.6 Å². The molecule has 8 heteroatoms. The van der Waals surface area contributed by atoms with Gasteiger partial charge in [0.25, 0.3) is 5.91 Å². The largest absolute Gasteiger partial charge is 0.486 e. The van der Waals surface area contributed by atoms with Gasteiger partial charge in [0.05, 0.1) is 5.69 Å². The second-order valence-electron chi connectivity index (χ2n) is 6.23. The predicted octanol–water partition coefficient (Wildman–Crippen LogP) is 3.02. The van der Waals surface area contributed by atoms with E-state index < -0.39 is 0 Å². The third-order valence-corrected chi connectivity index (χ3v) is 5.77. The average molecular weight is 394 g/mol. The lowest BCUT2D eigenvalue weighted by molar-refractivity contribution is -0.123. The molecule has 0 spiro atoms. The molecule has 0 aliphatic carbocycles. The van der Waals surface area contributed by atoms with Crippen LogP contribution in [0.3, 0.4) is 0 Å². The van der Waals surface area contributed by atoms with Crippen molar-refractivity contribution in [3.63, 3.8) is 0 Å². The van der Waals surface area contributed by atoms with Crippen molar-refractivity contribution in [1.29, 1.82) is 0 Å². The number of nitrogens with two attached hydrogens (primary N) is 1. The average Bonchev–Trinajstić information content (AvgIpc) is 3.01. The molecule has 0 unspecified atom stereocenters. The van der Waals surface area contributed by atoms with Crippen LogP contribution in [0.4, 0.5) is 0 Å². The van der Waals surface area contributed by atoms with E-state index in [0.717, 1.165) is 5.01 Å². The van der Waals surface area contributed by atoms with Crippen LogP contribution >= 0.6 is 22.9 Å². The Kier molecular flexibility index (Phi) is 5.78. The van der Waals surface area contributed by atoms with Gasteiger partial charge in [-0.3, -0.25) is 9.59 Å². The number of ether oxygens (including phenoxy) is 1. The lowest BCUT2D eigenvalue weighted by atomic mass is 9.96. The summed E-state index contributed by atoms with van der Waals surface area (Å²) in [4.78, 5) is 30.8. The highest BCUT2D eigenvalue weighted by atomic mass is 35.5. The van der Waals surface area contributed by atoms with Crippen LogP contribution in [-0.2, 0) is 11.4 Å². The molecular formula is C18H20ClN3O3S. The van der Waals surface area contributed by atoms with Crippen LogP contribution in [0.15, 0.2) is 24.3 Å². The van der Waals surface area contributed by atoms with Crippen molar-refractivity contribution in [1.82, 2.24) is 9.88 Å². The minimum atomic E-state index is -0.285. The summed E-state index contributed by atoms with van der Waals surface area (Å²) in [5.41, 5.74) is 6.05. The lowest BCUT2D eigenvalue weighted by Crippen LogP contribution is -2.41. The molecule has 1 saturated heterocycles. The number of hydrogen-bond acceptors (Lipinski definition) is 5. The molecule has 0 atom stereocenters. The second kappa shape index (κ2) is 8.05. The number of hydrogen-bond donors (Lipinski definition) is 1. The van der Waals surface area contributed by atoms with Gasteiger partial charge >= 0.3 is 0 Å². The number of amides is 2. The van der Waals surface area contributed by atoms with Crippen LogP contribution < -0.4 is 10.5 Å². The molecular weight excluding hydrogens is 374 g/mol. The summed E-state index contributed by atoms with van der Waals surface area (Å²) in [7, 11) is 0. The van der Waals surface area contributed by atoms with Gasteiger partial charge in [0.1, 0.15) is 22.2 Å². The standard InChI is InChI=1S/C18H20ClN3O3S/c1-11-16(18(24)22-8-6-12(7-9-22)17(20)23)26-15(21-11)10-25-14-4-2-13(19)3-5-14/h2-5,12H,6-10H2,1H3,(H2,20,23). The number of primary amides is 1. The van der Waals surface area contributed by atoms with Crippen molar-refractivity contribution < 1.29 is 14.3 Å². The SMILES string of the molecule is Cc1nc(COc2ccc(Cl)cc2)sc1C(=O)N1CCC(C(N)=O)CC1. The molecule has 1 aromatic carbocycles. The zero-order valence-electron chi connectivity index (χ0n) is 14.4. The fourth-order valence-corrected chi connectivity index (χ4v) is 3.97. The van der Waals surface area contributed by atoms with Crippen molar-refractivity contribution in [3.8, 4) is 5.75 Å². The summed E-state index contributed by atoms with van der Waals surface area (Å²) in [6, 6.07) is 7.10. The fraction of sp³-hybridized carbons (Fsp3) is 0.389. The number of likely N-dealkylation sites (tertiary alicyclic amines) is 1. The summed E-state index contributed by atoms with van der Waals surface area (Å²) in [5.74, 6) is 0.238. The third kappa shape index (κ3) is 4.34. The van der Waals surface area contributed by atoms with E-state index in [9.17, 15) is 9.59 Å². The Bertz CT molecular complexity index is 799.